The lowest BCUT2D eigenvalue weighted by molar-refractivity contribution is -0.149. The number of amides is 2. The summed E-state index contributed by atoms with van der Waals surface area (Å²) in [5, 5.41) is 14.8. The van der Waals surface area contributed by atoms with Crippen molar-refractivity contribution in [3.63, 3.8) is 0 Å². The molecule has 0 unspecified atom stereocenters. The van der Waals surface area contributed by atoms with E-state index >= 15 is 0 Å². The van der Waals surface area contributed by atoms with Gasteiger partial charge in [-0.2, -0.15) is 0 Å². The lowest BCUT2D eigenvalue weighted by atomic mass is 10.0. The maximum atomic E-state index is 13.6. The molecule has 29 heavy (non-hydrogen) atoms. The third kappa shape index (κ3) is 3.90. The predicted molar refractivity (Wildman–Crippen MR) is 104 cm³/mol. The molecule has 1 atom stereocenters. The van der Waals surface area contributed by atoms with Crippen molar-refractivity contribution in [3.8, 4) is 0 Å². The lowest BCUT2D eigenvalue weighted by Gasteiger charge is -2.10. The summed E-state index contributed by atoms with van der Waals surface area (Å²) in [4.78, 5) is 39.1. The van der Waals surface area contributed by atoms with Crippen LogP contribution < -0.4 is 10.6 Å². The minimum Gasteiger partial charge on any atom is -0.467 e. The van der Waals surface area contributed by atoms with Crippen LogP contribution in [0.1, 0.15) is 32.9 Å². The van der Waals surface area contributed by atoms with Crippen molar-refractivity contribution < 1.29 is 28.6 Å². The Kier molecular flexibility index (Phi) is 5.51. The van der Waals surface area contributed by atoms with Gasteiger partial charge in [0.1, 0.15) is 5.82 Å². The van der Waals surface area contributed by atoms with Crippen LogP contribution in [-0.4, -0.2) is 47.6 Å². The number of fused-ring (bicyclic) bond motifs is 1. The number of aliphatic hydroxyl groups excluding tert-OH is 1. The maximum Gasteiger partial charge on any atom is 0.336 e. The number of benzene rings is 1. The average molecular weight is 401 g/mol. The first-order valence-electron chi connectivity index (χ1n) is 8.79. The molecule has 0 radical (unpaired) electrons. The van der Waals surface area contributed by atoms with Crippen molar-refractivity contribution in [2.45, 2.75) is 20.0 Å². The van der Waals surface area contributed by atoms with E-state index < -0.39 is 23.8 Å². The Bertz CT molecular complexity index is 1040. The van der Waals surface area contributed by atoms with Crippen molar-refractivity contribution in [2.75, 3.05) is 19.0 Å². The fourth-order valence-corrected chi connectivity index (χ4v) is 3.20. The molecule has 1 aliphatic rings. The van der Waals surface area contributed by atoms with Gasteiger partial charge in [0.2, 0.25) is 0 Å². The van der Waals surface area contributed by atoms with Crippen LogP contribution in [-0.2, 0) is 14.3 Å². The van der Waals surface area contributed by atoms with Crippen molar-refractivity contribution in [1.82, 2.24) is 10.3 Å². The minimum atomic E-state index is -1.47. The van der Waals surface area contributed by atoms with Gasteiger partial charge in [-0.25, -0.2) is 9.18 Å². The molecule has 1 aliphatic heterocycles. The monoisotopic (exact) mass is 401 g/mol. The number of aromatic amines is 1. The predicted octanol–water partition coefficient (Wildman–Crippen LogP) is 1.53. The second-order valence-electron chi connectivity index (χ2n) is 6.61. The number of aromatic nitrogens is 1. The number of hydrogen-bond donors (Lipinski definition) is 4. The molecule has 1 aromatic carbocycles. The summed E-state index contributed by atoms with van der Waals surface area (Å²) in [6, 6.07) is 4.02. The van der Waals surface area contributed by atoms with Crippen LogP contribution in [0.4, 0.5) is 10.1 Å². The number of aryl methyl sites for hydroxylation is 1. The number of halogens is 1. The molecule has 2 heterocycles. The van der Waals surface area contributed by atoms with E-state index in [9.17, 15) is 23.9 Å². The second kappa shape index (κ2) is 7.88. The maximum absolute atomic E-state index is 13.6. The molecular formula is C20H20FN3O5. The van der Waals surface area contributed by atoms with Crippen molar-refractivity contribution in [3.05, 3.63) is 52.1 Å². The van der Waals surface area contributed by atoms with Crippen molar-refractivity contribution in [1.29, 1.82) is 0 Å². The van der Waals surface area contributed by atoms with Gasteiger partial charge in [0, 0.05) is 22.6 Å². The molecular weight excluding hydrogens is 381 g/mol. The highest BCUT2D eigenvalue weighted by Gasteiger charge is 2.26. The minimum absolute atomic E-state index is 0.275. The highest BCUT2D eigenvalue weighted by molar-refractivity contribution is 6.34. The van der Waals surface area contributed by atoms with E-state index in [0.29, 0.717) is 33.8 Å². The summed E-state index contributed by atoms with van der Waals surface area (Å²) in [6.07, 6.45) is 0.0851. The summed E-state index contributed by atoms with van der Waals surface area (Å²) in [6.45, 7) is 3.07. The molecule has 0 aliphatic carbocycles. The zero-order chi connectivity index (χ0) is 21.3. The van der Waals surface area contributed by atoms with Gasteiger partial charge in [0.25, 0.3) is 11.8 Å². The summed E-state index contributed by atoms with van der Waals surface area (Å²) in [5.41, 5.74) is 3.18. The number of nitrogens with one attached hydrogen (secondary N) is 3. The molecule has 0 saturated heterocycles. The zero-order valence-electron chi connectivity index (χ0n) is 16.1. The summed E-state index contributed by atoms with van der Waals surface area (Å²) >= 11 is 0. The molecule has 0 bridgehead atoms. The van der Waals surface area contributed by atoms with Crippen LogP contribution in [0.25, 0.3) is 11.6 Å². The largest absolute Gasteiger partial charge is 0.467 e. The van der Waals surface area contributed by atoms with E-state index in [0.717, 1.165) is 7.11 Å². The Morgan fingerprint density at radius 2 is 2.07 bits per heavy atom. The highest BCUT2D eigenvalue weighted by atomic mass is 19.1. The molecule has 2 aromatic rings. The van der Waals surface area contributed by atoms with Crippen molar-refractivity contribution >= 4 is 35.1 Å². The first-order chi connectivity index (χ1) is 13.7. The molecule has 8 nitrogen and oxygen atoms in total. The number of aliphatic hydroxyl groups is 1. The van der Waals surface area contributed by atoms with Gasteiger partial charge < -0.3 is 25.5 Å². The van der Waals surface area contributed by atoms with Gasteiger partial charge >= 0.3 is 5.97 Å². The fraction of sp³-hybridized carbons (Fsp3) is 0.250. The van der Waals surface area contributed by atoms with Crippen LogP contribution in [0.3, 0.4) is 0 Å². The Hall–Kier alpha value is -3.46. The molecule has 0 saturated carbocycles. The summed E-state index contributed by atoms with van der Waals surface area (Å²) in [7, 11) is 1.14. The zero-order valence-corrected chi connectivity index (χ0v) is 16.1. The van der Waals surface area contributed by atoms with E-state index in [2.05, 4.69) is 20.4 Å². The molecule has 3 rings (SSSR count). The topological polar surface area (TPSA) is 121 Å². The molecule has 0 fully saturated rings. The van der Waals surface area contributed by atoms with E-state index in [1.165, 1.54) is 18.2 Å². The normalized spacial score (nSPS) is 15.1. The van der Waals surface area contributed by atoms with Crippen LogP contribution in [0.2, 0.25) is 0 Å². The quantitative estimate of drug-likeness (QED) is 0.447. The molecule has 152 valence electrons. The number of ether oxygens (including phenoxy) is 1. The molecule has 4 N–H and O–H groups in total. The van der Waals surface area contributed by atoms with Gasteiger partial charge in [0.05, 0.1) is 24.8 Å². The smallest absolute Gasteiger partial charge is 0.336 e. The third-order valence-electron chi connectivity index (χ3n) is 4.69. The van der Waals surface area contributed by atoms with E-state index in [1.54, 1.807) is 19.9 Å². The second-order valence-corrected chi connectivity index (χ2v) is 6.61. The average Bonchev–Trinajstić information content (AvgIpc) is 3.14. The van der Waals surface area contributed by atoms with Gasteiger partial charge in [-0.15, -0.1) is 0 Å². The van der Waals surface area contributed by atoms with Gasteiger partial charge in [-0.05, 0) is 43.7 Å². The number of anilines is 1. The number of carbonyl (C=O) groups excluding carboxylic acids is 3. The highest BCUT2D eigenvalue weighted by Crippen LogP contribution is 2.34. The van der Waals surface area contributed by atoms with E-state index in [-0.39, 0.29) is 18.0 Å². The fourth-order valence-electron chi connectivity index (χ4n) is 3.20. The first kappa shape index (κ1) is 20.3. The number of rotatable bonds is 5. The Morgan fingerprint density at radius 3 is 2.76 bits per heavy atom. The number of carbonyl (C=O) groups is 3. The standard InChI is InChI=1S/C20H20FN3O5/c1-9-15(7-13-12-6-11(21)4-5-14(12)24-18(13)26)23-10(2)17(9)19(27)22-8-16(25)20(28)29-3/h4-7,16,23,25H,8H2,1-3H3,(H,22,27)(H,24,26)/b13-7-/t16-/m0/s1. The van der Waals surface area contributed by atoms with E-state index in [1.807, 2.05) is 0 Å². The summed E-state index contributed by atoms with van der Waals surface area (Å²) < 4.78 is 18.0. The van der Waals surface area contributed by atoms with Crippen LogP contribution in [0.15, 0.2) is 18.2 Å². The number of H-pyrrole nitrogens is 1. The number of methoxy groups -OCH3 is 1. The van der Waals surface area contributed by atoms with E-state index in [4.69, 9.17) is 0 Å². The molecule has 1 aromatic heterocycles. The number of esters is 1. The van der Waals surface area contributed by atoms with Gasteiger partial charge in [-0.3, -0.25) is 9.59 Å². The summed E-state index contributed by atoms with van der Waals surface area (Å²) in [5.74, 6) is -2.18. The molecule has 2 amide bonds. The number of hydrogen-bond acceptors (Lipinski definition) is 5. The SMILES string of the molecule is COC(=O)[C@@H](O)CNC(=O)c1c(C)[nH]c(/C=C2\C(=O)Nc3ccc(F)cc32)c1C. The van der Waals surface area contributed by atoms with Crippen LogP contribution in [0, 0.1) is 19.7 Å². The molecule has 9 heteroatoms. The first-order valence-corrected chi connectivity index (χ1v) is 8.79. The van der Waals surface area contributed by atoms with Crippen LogP contribution >= 0.6 is 0 Å². The Morgan fingerprint density at radius 1 is 1.34 bits per heavy atom. The van der Waals surface area contributed by atoms with Gasteiger partial charge in [0.15, 0.2) is 6.10 Å². The van der Waals surface area contributed by atoms with Crippen LogP contribution in [0.5, 0.6) is 0 Å². The van der Waals surface area contributed by atoms with Gasteiger partial charge in [-0.1, -0.05) is 0 Å². The Labute approximate surface area is 165 Å². The van der Waals surface area contributed by atoms with Crippen molar-refractivity contribution in [2.24, 2.45) is 0 Å². The Balaban J connectivity index is 1.88. The molecule has 0 spiro atoms. The third-order valence-corrected chi connectivity index (χ3v) is 4.69. The lowest BCUT2D eigenvalue weighted by Crippen LogP contribution is -2.37.